The molecule has 2 heterocycles. The number of hydrogen-bond acceptors (Lipinski definition) is 6. The number of nitrogens with one attached hydrogen (secondary N) is 1. The Labute approximate surface area is 163 Å². The van der Waals surface area contributed by atoms with Crippen LogP contribution in [0.25, 0.3) is 0 Å². The molecule has 0 radical (unpaired) electrons. The van der Waals surface area contributed by atoms with Crippen LogP contribution in [0, 0.1) is 0 Å². The predicted octanol–water partition coefficient (Wildman–Crippen LogP) is 4.14. The van der Waals surface area contributed by atoms with E-state index < -0.39 is 29.7 Å². The van der Waals surface area contributed by atoms with Crippen LogP contribution in [0.1, 0.15) is 32.6 Å². The van der Waals surface area contributed by atoms with Gasteiger partial charge in [0.1, 0.15) is 23.2 Å². The molecule has 7 nitrogen and oxygen atoms in total. The number of anilines is 1. The summed E-state index contributed by atoms with van der Waals surface area (Å²) in [6.07, 6.45) is 3.88. The van der Waals surface area contributed by atoms with Gasteiger partial charge in [-0.3, -0.25) is 4.79 Å². The lowest BCUT2D eigenvalue weighted by molar-refractivity contribution is -0.125. The molecule has 1 aliphatic rings. The fraction of sp³-hybridized carbons (Fsp3) is 0.333. The second-order valence-electron chi connectivity index (χ2n) is 7.38. The van der Waals surface area contributed by atoms with E-state index >= 15 is 0 Å². The highest BCUT2D eigenvalue weighted by molar-refractivity contribution is 6.01. The van der Waals surface area contributed by atoms with Crippen LogP contribution >= 0.6 is 0 Å². The van der Waals surface area contributed by atoms with Crippen LogP contribution in [-0.2, 0) is 9.53 Å². The Morgan fingerprint density at radius 2 is 1.96 bits per heavy atom. The van der Waals surface area contributed by atoms with Crippen LogP contribution in [0.4, 0.5) is 10.5 Å². The van der Waals surface area contributed by atoms with Crippen LogP contribution in [0.5, 0.6) is 5.75 Å². The van der Waals surface area contributed by atoms with E-state index in [1.807, 2.05) is 24.3 Å². The second-order valence-corrected chi connectivity index (χ2v) is 7.38. The summed E-state index contributed by atoms with van der Waals surface area (Å²) in [5.74, 6) is 0.776. The molecule has 7 heteroatoms. The maximum absolute atomic E-state index is 12.7. The van der Waals surface area contributed by atoms with Crippen molar-refractivity contribution in [3.63, 3.8) is 0 Å². The van der Waals surface area contributed by atoms with E-state index in [0.717, 1.165) is 4.90 Å². The van der Waals surface area contributed by atoms with E-state index in [2.05, 4.69) is 5.32 Å². The van der Waals surface area contributed by atoms with E-state index in [1.54, 1.807) is 52.4 Å². The number of carbonyl (C=O) groups is 2. The molecule has 148 valence electrons. The van der Waals surface area contributed by atoms with Gasteiger partial charge in [-0.05, 0) is 45.0 Å². The first-order valence-electron chi connectivity index (χ1n) is 8.97. The molecule has 0 aliphatic carbocycles. The number of hydrogen-bond donors (Lipinski definition) is 1. The minimum absolute atomic E-state index is 0.433. The SMILES string of the molecule is COc1ccccc1N[C@@H](c1ccco1)[C@H]1C=CC(=O)N1C(=O)OC(C)(C)C. The van der Waals surface area contributed by atoms with Gasteiger partial charge in [-0.2, -0.15) is 0 Å². The lowest BCUT2D eigenvalue weighted by atomic mass is 10.0. The van der Waals surface area contributed by atoms with Crippen LogP contribution in [-0.4, -0.2) is 35.7 Å². The maximum atomic E-state index is 12.7. The predicted molar refractivity (Wildman–Crippen MR) is 104 cm³/mol. The van der Waals surface area contributed by atoms with Crippen molar-refractivity contribution in [2.45, 2.75) is 38.5 Å². The van der Waals surface area contributed by atoms with Gasteiger partial charge in [0, 0.05) is 6.08 Å². The monoisotopic (exact) mass is 384 g/mol. The van der Waals surface area contributed by atoms with Crippen molar-refractivity contribution < 1.29 is 23.5 Å². The first-order chi connectivity index (χ1) is 13.3. The zero-order valence-corrected chi connectivity index (χ0v) is 16.3. The molecular formula is C21H24N2O5. The first kappa shape index (κ1) is 19.5. The fourth-order valence-electron chi connectivity index (χ4n) is 3.00. The molecule has 3 rings (SSSR count). The van der Waals surface area contributed by atoms with E-state index in [1.165, 1.54) is 6.08 Å². The average molecular weight is 384 g/mol. The molecule has 0 saturated carbocycles. The number of para-hydroxylation sites is 2. The largest absolute Gasteiger partial charge is 0.495 e. The molecule has 2 atom stereocenters. The van der Waals surface area contributed by atoms with Crippen molar-refractivity contribution in [3.8, 4) is 5.75 Å². The number of methoxy groups -OCH3 is 1. The molecule has 0 bridgehead atoms. The van der Waals surface area contributed by atoms with E-state index in [9.17, 15) is 9.59 Å². The number of benzene rings is 1. The summed E-state index contributed by atoms with van der Waals surface area (Å²) in [5, 5.41) is 3.34. The molecule has 1 aromatic carbocycles. The maximum Gasteiger partial charge on any atom is 0.417 e. The van der Waals surface area contributed by atoms with Gasteiger partial charge in [0.25, 0.3) is 5.91 Å². The third kappa shape index (κ3) is 4.19. The number of rotatable bonds is 5. The molecule has 28 heavy (non-hydrogen) atoms. The number of furan rings is 1. The van der Waals surface area contributed by atoms with Crippen molar-refractivity contribution in [2.24, 2.45) is 0 Å². The van der Waals surface area contributed by atoms with Gasteiger partial charge in [0.15, 0.2) is 0 Å². The second kappa shape index (κ2) is 7.80. The van der Waals surface area contributed by atoms with Gasteiger partial charge in [-0.15, -0.1) is 0 Å². The molecule has 0 unspecified atom stereocenters. The summed E-state index contributed by atoms with van der Waals surface area (Å²) in [6, 6.07) is 9.79. The zero-order chi connectivity index (χ0) is 20.3. The Bertz CT molecular complexity index is 867. The third-order valence-corrected chi connectivity index (χ3v) is 4.17. The molecule has 2 amide bonds. The molecule has 0 saturated heterocycles. The lowest BCUT2D eigenvalue weighted by Gasteiger charge is -2.32. The molecule has 1 N–H and O–H groups in total. The van der Waals surface area contributed by atoms with Crippen molar-refractivity contribution in [1.82, 2.24) is 4.90 Å². The van der Waals surface area contributed by atoms with Crippen LogP contribution < -0.4 is 10.1 Å². The molecular weight excluding hydrogens is 360 g/mol. The number of ether oxygens (including phenoxy) is 2. The van der Waals surface area contributed by atoms with E-state index in [4.69, 9.17) is 13.9 Å². The standard InChI is InChI=1S/C21H24N2O5/c1-21(2,3)28-20(25)23-15(11-12-18(23)24)19(17-10-7-13-27-17)22-14-8-5-6-9-16(14)26-4/h5-13,15,19,22H,1-4H3/t15-,19-/m1/s1. The molecule has 1 aromatic heterocycles. The minimum Gasteiger partial charge on any atom is -0.495 e. The average Bonchev–Trinajstić information content (AvgIpc) is 3.28. The van der Waals surface area contributed by atoms with E-state index in [-0.39, 0.29) is 0 Å². The van der Waals surface area contributed by atoms with Crippen molar-refractivity contribution >= 4 is 17.7 Å². The summed E-state index contributed by atoms with van der Waals surface area (Å²) < 4.78 is 16.4. The van der Waals surface area contributed by atoms with Gasteiger partial charge in [-0.1, -0.05) is 18.2 Å². The quantitative estimate of drug-likeness (QED) is 0.834. The smallest absolute Gasteiger partial charge is 0.417 e. The zero-order valence-electron chi connectivity index (χ0n) is 16.3. The van der Waals surface area contributed by atoms with Gasteiger partial charge in [-0.25, -0.2) is 9.69 Å². The van der Waals surface area contributed by atoms with Crippen molar-refractivity contribution in [3.05, 3.63) is 60.6 Å². The van der Waals surface area contributed by atoms with E-state index in [0.29, 0.717) is 17.2 Å². The highest BCUT2D eigenvalue weighted by Gasteiger charge is 2.41. The number of nitrogens with zero attached hydrogens (tertiary/aromatic N) is 1. The Morgan fingerprint density at radius 3 is 2.61 bits per heavy atom. The normalized spacial score (nSPS) is 17.5. The topological polar surface area (TPSA) is 81.0 Å². The van der Waals surface area contributed by atoms with Gasteiger partial charge < -0.3 is 19.2 Å². The minimum atomic E-state index is -0.721. The highest BCUT2D eigenvalue weighted by atomic mass is 16.6. The Hall–Kier alpha value is -3.22. The summed E-state index contributed by atoms with van der Waals surface area (Å²) in [6.45, 7) is 5.26. The summed E-state index contributed by atoms with van der Waals surface area (Å²) in [4.78, 5) is 26.2. The molecule has 1 aliphatic heterocycles. The lowest BCUT2D eigenvalue weighted by Crippen LogP contribution is -2.46. The van der Waals surface area contributed by atoms with Crippen molar-refractivity contribution in [1.29, 1.82) is 0 Å². The Balaban J connectivity index is 1.94. The highest BCUT2D eigenvalue weighted by Crippen LogP contribution is 2.34. The van der Waals surface area contributed by atoms with Gasteiger partial charge in [0.05, 0.1) is 25.1 Å². The molecule has 0 spiro atoms. The summed E-state index contributed by atoms with van der Waals surface area (Å²) in [5.41, 5.74) is -0.0101. The van der Waals surface area contributed by atoms with Gasteiger partial charge >= 0.3 is 6.09 Å². The summed E-state index contributed by atoms with van der Waals surface area (Å²) >= 11 is 0. The van der Waals surface area contributed by atoms with Gasteiger partial charge in [0.2, 0.25) is 0 Å². The van der Waals surface area contributed by atoms with Crippen molar-refractivity contribution in [2.75, 3.05) is 12.4 Å². The number of carbonyl (C=O) groups excluding carboxylic acids is 2. The van der Waals surface area contributed by atoms with Crippen LogP contribution in [0.2, 0.25) is 0 Å². The van der Waals surface area contributed by atoms with Crippen LogP contribution in [0.3, 0.4) is 0 Å². The van der Waals surface area contributed by atoms with Crippen LogP contribution in [0.15, 0.2) is 59.2 Å². The summed E-state index contributed by atoms with van der Waals surface area (Å²) in [7, 11) is 1.58. The first-order valence-corrected chi connectivity index (χ1v) is 8.97. The molecule has 2 aromatic rings. The molecule has 0 fully saturated rings. The fourth-order valence-corrected chi connectivity index (χ4v) is 3.00. The number of imide groups is 1. The number of amides is 2. The Kier molecular flexibility index (Phi) is 5.44. The third-order valence-electron chi connectivity index (χ3n) is 4.17. The Morgan fingerprint density at radius 1 is 1.21 bits per heavy atom.